The Labute approximate surface area is 122 Å². The highest BCUT2D eigenvalue weighted by Gasteiger charge is 2.17. The summed E-state index contributed by atoms with van der Waals surface area (Å²) in [6.45, 7) is 3.17. The van der Waals surface area contributed by atoms with Crippen LogP contribution < -0.4 is 14.8 Å². The average Bonchev–Trinajstić information content (AvgIpc) is 2.97. The van der Waals surface area contributed by atoms with Crippen molar-refractivity contribution in [3.63, 3.8) is 0 Å². The molecule has 0 saturated carbocycles. The Balaban J connectivity index is 1.83. The van der Waals surface area contributed by atoms with E-state index < -0.39 is 0 Å². The van der Waals surface area contributed by atoms with Crippen LogP contribution in [0.1, 0.15) is 18.4 Å². The van der Waals surface area contributed by atoms with Crippen LogP contribution in [0.15, 0.2) is 18.2 Å². The largest absolute Gasteiger partial charge is 0.493 e. The van der Waals surface area contributed by atoms with E-state index in [2.05, 4.69) is 29.4 Å². The minimum absolute atomic E-state index is 0.547. The van der Waals surface area contributed by atoms with Crippen LogP contribution in [0.5, 0.6) is 11.5 Å². The molecule has 1 aliphatic rings. The molecule has 111 valence electrons. The minimum atomic E-state index is 0.547. The summed E-state index contributed by atoms with van der Waals surface area (Å²) < 4.78 is 10.6. The molecule has 1 heterocycles. The fourth-order valence-electron chi connectivity index (χ4n) is 2.65. The van der Waals surface area contributed by atoms with E-state index in [1.54, 1.807) is 14.2 Å². The SMILES string of the molecule is COc1ccc(CCN(C)CC2CCC[N]2)cc1OC. The number of hydrogen-bond acceptors (Lipinski definition) is 3. The Hall–Kier alpha value is -1.26. The molecule has 0 bridgehead atoms. The van der Waals surface area contributed by atoms with Crippen LogP contribution in [0.4, 0.5) is 0 Å². The molecular formula is C16H25N2O2. The van der Waals surface area contributed by atoms with Gasteiger partial charge in [0.2, 0.25) is 0 Å². The number of likely N-dealkylation sites (N-methyl/N-ethyl adjacent to an activating group) is 1. The second kappa shape index (κ2) is 7.50. The number of ether oxygens (including phenoxy) is 2. The van der Waals surface area contributed by atoms with Gasteiger partial charge in [0.05, 0.1) is 14.2 Å². The summed E-state index contributed by atoms with van der Waals surface area (Å²) >= 11 is 0. The molecule has 20 heavy (non-hydrogen) atoms. The number of nitrogens with zero attached hydrogens (tertiary/aromatic N) is 2. The Kier molecular flexibility index (Phi) is 5.68. The fourth-order valence-corrected chi connectivity index (χ4v) is 2.65. The number of benzene rings is 1. The van der Waals surface area contributed by atoms with Gasteiger partial charge in [0, 0.05) is 25.7 Å². The molecule has 1 aromatic carbocycles. The summed E-state index contributed by atoms with van der Waals surface area (Å²) in [6.07, 6.45) is 3.53. The van der Waals surface area contributed by atoms with Gasteiger partial charge in [0.15, 0.2) is 11.5 Å². The van der Waals surface area contributed by atoms with Crippen molar-refractivity contribution in [3.8, 4) is 11.5 Å². The van der Waals surface area contributed by atoms with Crippen molar-refractivity contribution in [3.05, 3.63) is 23.8 Å². The second-order valence-corrected chi connectivity index (χ2v) is 5.40. The molecule has 4 nitrogen and oxygen atoms in total. The van der Waals surface area contributed by atoms with E-state index >= 15 is 0 Å². The van der Waals surface area contributed by atoms with E-state index in [1.807, 2.05) is 6.07 Å². The molecule has 1 radical (unpaired) electrons. The maximum atomic E-state index is 5.34. The van der Waals surface area contributed by atoms with Gasteiger partial charge in [0.1, 0.15) is 0 Å². The number of rotatable bonds is 7. The highest BCUT2D eigenvalue weighted by molar-refractivity contribution is 5.42. The fraction of sp³-hybridized carbons (Fsp3) is 0.625. The van der Waals surface area contributed by atoms with Gasteiger partial charge in [0.25, 0.3) is 0 Å². The lowest BCUT2D eigenvalue weighted by atomic mass is 10.1. The van der Waals surface area contributed by atoms with E-state index in [-0.39, 0.29) is 0 Å². The predicted octanol–water partition coefficient (Wildman–Crippen LogP) is 1.94. The Morgan fingerprint density at radius 1 is 1.25 bits per heavy atom. The molecule has 1 aromatic rings. The third-order valence-electron chi connectivity index (χ3n) is 3.84. The van der Waals surface area contributed by atoms with Gasteiger partial charge >= 0.3 is 0 Å². The summed E-state index contributed by atoms with van der Waals surface area (Å²) in [5, 5.41) is 4.60. The Bertz CT molecular complexity index is 417. The molecular weight excluding hydrogens is 252 g/mol. The maximum absolute atomic E-state index is 5.34. The predicted molar refractivity (Wildman–Crippen MR) is 80.8 cm³/mol. The smallest absolute Gasteiger partial charge is 0.160 e. The van der Waals surface area contributed by atoms with Crippen LogP contribution in [0, 0.1) is 0 Å². The van der Waals surface area contributed by atoms with Crippen LogP contribution in [0.25, 0.3) is 0 Å². The third-order valence-corrected chi connectivity index (χ3v) is 3.84. The molecule has 1 saturated heterocycles. The Morgan fingerprint density at radius 2 is 2.05 bits per heavy atom. The molecule has 0 aliphatic carbocycles. The lowest BCUT2D eigenvalue weighted by Crippen LogP contribution is -2.33. The molecule has 1 aliphatic heterocycles. The van der Waals surface area contributed by atoms with E-state index in [0.29, 0.717) is 6.04 Å². The van der Waals surface area contributed by atoms with Crippen molar-refractivity contribution >= 4 is 0 Å². The first-order chi connectivity index (χ1) is 9.72. The van der Waals surface area contributed by atoms with Gasteiger partial charge in [-0.2, -0.15) is 0 Å². The lowest BCUT2D eigenvalue weighted by molar-refractivity contribution is 0.301. The standard InChI is InChI=1S/C16H25N2O2/c1-18(12-14-5-4-9-17-14)10-8-13-6-7-15(19-2)16(11-13)20-3/h6-7,11,14H,4-5,8-10,12H2,1-3H3. The van der Waals surface area contributed by atoms with Gasteiger partial charge < -0.3 is 14.4 Å². The zero-order chi connectivity index (χ0) is 14.4. The summed E-state index contributed by atoms with van der Waals surface area (Å²) in [5.74, 6) is 1.59. The van der Waals surface area contributed by atoms with E-state index in [4.69, 9.17) is 9.47 Å². The van der Waals surface area contributed by atoms with Crippen molar-refractivity contribution in [1.29, 1.82) is 0 Å². The lowest BCUT2D eigenvalue weighted by Gasteiger charge is -2.20. The quantitative estimate of drug-likeness (QED) is 0.764. The summed E-state index contributed by atoms with van der Waals surface area (Å²) in [4.78, 5) is 2.37. The monoisotopic (exact) mass is 277 g/mol. The van der Waals surface area contributed by atoms with Crippen LogP contribution >= 0.6 is 0 Å². The molecule has 1 fully saturated rings. The first-order valence-electron chi connectivity index (χ1n) is 7.29. The Morgan fingerprint density at radius 3 is 2.70 bits per heavy atom. The van der Waals surface area contributed by atoms with E-state index in [0.717, 1.165) is 37.6 Å². The van der Waals surface area contributed by atoms with Crippen molar-refractivity contribution < 1.29 is 9.47 Å². The van der Waals surface area contributed by atoms with E-state index in [1.165, 1.54) is 18.4 Å². The zero-order valence-corrected chi connectivity index (χ0v) is 12.8. The maximum Gasteiger partial charge on any atom is 0.160 e. The molecule has 4 heteroatoms. The van der Waals surface area contributed by atoms with Crippen molar-refractivity contribution in [2.75, 3.05) is 40.9 Å². The highest BCUT2D eigenvalue weighted by atomic mass is 16.5. The van der Waals surface area contributed by atoms with Gasteiger partial charge in [-0.15, -0.1) is 0 Å². The summed E-state index contributed by atoms with van der Waals surface area (Å²) in [5.41, 5.74) is 1.28. The van der Waals surface area contributed by atoms with Crippen molar-refractivity contribution in [2.45, 2.75) is 25.3 Å². The molecule has 1 atom stereocenters. The van der Waals surface area contributed by atoms with Crippen LogP contribution in [0.2, 0.25) is 0 Å². The van der Waals surface area contributed by atoms with Gasteiger partial charge in [-0.1, -0.05) is 6.07 Å². The molecule has 0 aromatic heterocycles. The van der Waals surface area contributed by atoms with Gasteiger partial charge in [-0.05, 0) is 44.0 Å². The van der Waals surface area contributed by atoms with Crippen molar-refractivity contribution in [2.24, 2.45) is 0 Å². The van der Waals surface area contributed by atoms with Crippen LogP contribution in [0.3, 0.4) is 0 Å². The van der Waals surface area contributed by atoms with Crippen molar-refractivity contribution in [1.82, 2.24) is 10.2 Å². The third kappa shape index (κ3) is 4.12. The van der Waals surface area contributed by atoms with Crippen LogP contribution in [-0.2, 0) is 6.42 Å². The number of hydrogen-bond donors (Lipinski definition) is 0. The van der Waals surface area contributed by atoms with Gasteiger partial charge in [-0.25, -0.2) is 5.32 Å². The average molecular weight is 277 g/mol. The highest BCUT2D eigenvalue weighted by Crippen LogP contribution is 2.27. The summed E-state index contributed by atoms with van der Waals surface area (Å²) in [7, 11) is 5.51. The van der Waals surface area contributed by atoms with Crippen LogP contribution in [-0.4, -0.2) is 51.8 Å². The van der Waals surface area contributed by atoms with Gasteiger partial charge in [-0.3, -0.25) is 0 Å². The first-order valence-corrected chi connectivity index (χ1v) is 7.29. The van der Waals surface area contributed by atoms with E-state index in [9.17, 15) is 0 Å². The second-order valence-electron chi connectivity index (χ2n) is 5.40. The number of methoxy groups -OCH3 is 2. The molecule has 1 unspecified atom stereocenters. The molecule has 0 spiro atoms. The first kappa shape index (κ1) is 15.1. The molecule has 2 rings (SSSR count). The summed E-state index contributed by atoms with van der Waals surface area (Å²) in [6, 6.07) is 6.69. The normalized spacial score (nSPS) is 18.5. The zero-order valence-electron chi connectivity index (χ0n) is 12.8. The minimum Gasteiger partial charge on any atom is -0.493 e. The topological polar surface area (TPSA) is 35.8 Å². The molecule has 0 amide bonds. The molecule has 0 N–H and O–H groups in total.